The maximum absolute atomic E-state index is 13.5. The standard InChI is InChI=1S/C29H23ClN2O4S/c1-14-10-15(2)24-22(11-14)37-29(31-24)32-25(17-4-7-20(30)8-5-17)23(27(34)28(32)35)26(33)18-6-9-21-19(13-18)12-16(3)36-21/h4-11,13,16,25,33H,12H2,1-3H3/b26-23+/t16-,25-/m1/s1. The number of nitrogens with zero attached hydrogens (tertiary/aromatic N) is 2. The molecule has 0 bridgehead atoms. The average molecular weight is 531 g/mol. The molecule has 8 heteroatoms. The molecule has 2 atom stereocenters. The third-order valence-electron chi connectivity index (χ3n) is 6.82. The highest BCUT2D eigenvalue weighted by atomic mass is 35.5. The maximum atomic E-state index is 13.5. The Balaban J connectivity index is 1.54. The molecule has 0 aliphatic carbocycles. The van der Waals surface area contributed by atoms with Gasteiger partial charge in [0, 0.05) is 17.0 Å². The lowest BCUT2D eigenvalue weighted by atomic mass is 9.94. The number of ketones is 1. The van der Waals surface area contributed by atoms with Gasteiger partial charge < -0.3 is 9.84 Å². The van der Waals surface area contributed by atoms with Crippen LogP contribution in [0.15, 0.2) is 60.2 Å². The molecule has 1 aromatic heterocycles. The number of hydrogen-bond acceptors (Lipinski definition) is 6. The van der Waals surface area contributed by atoms with Crippen LogP contribution in [0.5, 0.6) is 5.75 Å². The second kappa shape index (κ2) is 8.71. The summed E-state index contributed by atoms with van der Waals surface area (Å²) in [6, 6.07) is 15.5. The van der Waals surface area contributed by atoms with Crippen molar-refractivity contribution in [3.63, 3.8) is 0 Å². The topological polar surface area (TPSA) is 79.7 Å². The quantitative estimate of drug-likeness (QED) is 0.185. The van der Waals surface area contributed by atoms with Gasteiger partial charge in [0.1, 0.15) is 17.6 Å². The lowest BCUT2D eigenvalue weighted by Crippen LogP contribution is -2.29. The van der Waals surface area contributed by atoms with Gasteiger partial charge >= 0.3 is 5.91 Å². The van der Waals surface area contributed by atoms with Crippen LogP contribution in [-0.2, 0) is 16.0 Å². The van der Waals surface area contributed by atoms with E-state index in [9.17, 15) is 14.7 Å². The minimum Gasteiger partial charge on any atom is -0.507 e. The number of halogens is 1. The molecular weight excluding hydrogens is 508 g/mol. The van der Waals surface area contributed by atoms with Crippen molar-refractivity contribution in [3.05, 3.63) is 93.0 Å². The number of thiazole rings is 1. The van der Waals surface area contributed by atoms with E-state index in [1.807, 2.05) is 39.0 Å². The third-order valence-corrected chi connectivity index (χ3v) is 8.08. The molecule has 2 aliphatic heterocycles. The molecule has 0 radical (unpaired) electrons. The molecular formula is C29H23ClN2O4S. The van der Waals surface area contributed by atoms with Crippen LogP contribution in [-0.4, -0.2) is 27.9 Å². The number of aliphatic hydroxyl groups excluding tert-OH is 1. The highest BCUT2D eigenvalue weighted by molar-refractivity contribution is 7.22. The van der Waals surface area contributed by atoms with Crippen LogP contribution in [0.4, 0.5) is 5.13 Å². The van der Waals surface area contributed by atoms with Crippen molar-refractivity contribution in [3.8, 4) is 5.75 Å². The van der Waals surface area contributed by atoms with Crippen molar-refractivity contribution in [1.29, 1.82) is 0 Å². The normalized spacial score (nSPS) is 20.5. The number of amides is 1. The van der Waals surface area contributed by atoms with Crippen LogP contribution >= 0.6 is 22.9 Å². The molecule has 0 saturated carbocycles. The van der Waals surface area contributed by atoms with Crippen LogP contribution in [0.25, 0.3) is 16.0 Å². The van der Waals surface area contributed by atoms with Gasteiger partial charge in [-0.15, -0.1) is 0 Å². The molecule has 0 spiro atoms. The molecule has 1 fully saturated rings. The number of carbonyl (C=O) groups is 2. The van der Waals surface area contributed by atoms with Crippen LogP contribution in [0.3, 0.4) is 0 Å². The molecule has 0 unspecified atom stereocenters. The second-order valence-electron chi connectivity index (χ2n) is 9.60. The van der Waals surface area contributed by atoms with Gasteiger partial charge in [-0.25, -0.2) is 4.98 Å². The molecule has 2 aliphatic rings. The number of carbonyl (C=O) groups excluding carboxylic acids is 2. The number of hydrogen-bond donors (Lipinski definition) is 1. The summed E-state index contributed by atoms with van der Waals surface area (Å²) in [5, 5.41) is 12.4. The number of aromatic nitrogens is 1. The summed E-state index contributed by atoms with van der Waals surface area (Å²) >= 11 is 7.50. The molecule has 1 N–H and O–H groups in total. The molecule has 6 nitrogen and oxygen atoms in total. The van der Waals surface area contributed by atoms with Crippen molar-refractivity contribution in [2.75, 3.05) is 4.90 Å². The molecule has 1 amide bonds. The van der Waals surface area contributed by atoms with Crippen molar-refractivity contribution in [2.24, 2.45) is 0 Å². The Morgan fingerprint density at radius 1 is 1.11 bits per heavy atom. The molecule has 4 aromatic rings. The third kappa shape index (κ3) is 3.90. The fourth-order valence-corrected chi connectivity index (χ4v) is 6.47. The van der Waals surface area contributed by atoms with Crippen LogP contribution in [0.2, 0.25) is 5.02 Å². The van der Waals surface area contributed by atoms with Crippen LogP contribution < -0.4 is 9.64 Å². The second-order valence-corrected chi connectivity index (χ2v) is 11.0. The van der Waals surface area contributed by atoms with E-state index in [1.54, 1.807) is 36.4 Å². The van der Waals surface area contributed by atoms with Crippen molar-refractivity contribution < 1.29 is 19.4 Å². The van der Waals surface area contributed by atoms with Gasteiger partial charge in [-0.1, -0.05) is 41.1 Å². The summed E-state index contributed by atoms with van der Waals surface area (Å²) in [5.41, 5.74) is 4.95. The number of benzene rings is 3. The Kier molecular flexibility index (Phi) is 5.58. The molecule has 3 aromatic carbocycles. The van der Waals surface area contributed by atoms with Crippen molar-refractivity contribution >= 4 is 55.7 Å². The minimum absolute atomic E-state index is 0.0198. The Labute approximate surface area is 222 Å². The van der Waals surface area contributed by atoms with Crippen molar-refractivity contribution in [1.82, 2.24) is 4.98 Å². The summed E-state index contributed by atoms with van der Waals surface area (Å²) in [6.07, 6.45) is 0.744. The number of fused-ring (bicyclic) bond motifs is 2. The van der Waals surface area contributed by atoms with E-state index in [0.29, 0.717) is 27.7 Å². The minimum atomic E-state index is -0.859. The number of aliphatic hydroxyl groups is 1. The Morgan fingerprint density at radius 3 is 2.62 bits per heavy atom. The lowest BCUT2D eigenvalue weighted by Gasteiger charge is -2.23. The van der Waals surface area contributed by atoms with Gasteiger partial charge in [-0.05, 0) is 79.4 Å². The molecule has 37 heavy (non-hydrogen) atoms. The lowest BCUT2D eigenvalue weighted by molar-refractivity contribution is -0.132. The first kappa shape index (κ1) is 23.7. The summed E-state index contributed by atoms with van der Waals surface area (Å²) in [6.45, 7) is 5.96. The van der Waals surface area contributed by atoms with E-state index in [-0.39, 0.29) is 17.4 Å². The number of rotatable bonds is 3. The van der Waals surface area contributed by atoms with E-state index >= 15 is 0 Å². The summed E-state index contributed by atoms with van der Waals surface area (Å²) in [7, 11) is 0. The Hall–Kier alpha value is -3.68. The molecule has 6 rings (SSSR count). The van der Waals surface area contributed by atoms with Gasteiger partial charge in [-0.2, -0.15) is 0 Å². The number of anilines is 1. The van der Waals surface area contributed by atoms with E-state index in [2.05, 4.69) is 0 Å². The Bertz CT molecular complexity index is 1640. The highest BCUT2D eigenvalue weighted by Crippen LogP contribution is 2.45. The fourth-order valence-electron chi connectivity index (χ4n) is 5.18. The average Bonchev–Trinajstić information content (AvgIpc) is 3.52. The Morgan fingerprint density at radius 2 is 1.86 bits per heavy atom. The smallest absolute Gasteiger partial charge is 0.301 e. The summed E-state index contributed by atoms with van der Waals surface area (Å²) in [4.78, 5) is 33.2. The largest absolute Gasteiger partial charge is 0.507 e. The van der Waals surface area contributed by atoms with Gasteiger partial charge in [-0.3, -0.25) is 14.5 Å². The van der Waals surface area contributed by atoms with E-state index in [4.69, 9.17) is 21.3 Å². The van der Waals surface area contributed by atoms with Crippen molar-refractivity contribution in [2.45, 2.75) is 39.3 Å². The number of Topliss-reactive ketones (excluding diaryl/α,β-unsaturated/α-hetero) is 1. The summed E-state index contributed by atoms with van der Waals surface area (Å²) in [5.74, 6) is -0.946. The maximum Gasteiger partial charge on any atom is 0.301 e. The fraction of sp³-hybridized carbons (Fsp3) is 0.207. The summed E-state index contributed by atoms with van der Waals surface area (Å²) < 4.78 is 6.71. The van der Waals surface area contributed by atoms with Gasteiger partial charge in [0.05, 0.1) is 21.8 Å². The monoisotopic (exact) mass is 530 g/mol. The van der Waals surface area contributed by atoms with Crippen LogP contribution in [0, 0.1) is 13.8 Å². The zero-order valence-corrected chi connectivity index (χ0v) is 22.0. The SMILES string of the molecule is Cc1cc(C)c2nc(N3C(=O)C(=O)/C(=C(/O)c4ccc5c(c4)C[C@@H](C)O5)[C@H]3c3ccc(Cl)cc3)sc2c1. The molecule has 186 valence electrons. The number of aryl methyl sites for hydroxylation is 2. The van der Waals surface area contributed by atoms with Crippen LogP contribution in [0.1, 0.15) is 40.8 Å². The first-order valence-electron chi connectivity index (χ1n) is 12.0. The first-order chi connectivity index (χ1) is 17.7. The zero-order chi connectivity index (χ0) is 26.0. The first-order valence-corrected chi connectivity index (χ1v) is 13.1. The van der Waals surface area contributed by atoms with E-state index in [1.165, 1.54) is 16.2 Å². The number of ether oxygens (including phenoxy) is 1. The van der Waals surface area contributed by atoms with E-state index in [0.717, 1.165) is 32.7 Å². The molecule has 3 heterocycles. The predicted molar refractivity (Wildman–Crippen MR) is 146 cm³/mol. The van der Waals surface area contributed by atoms with E-state index < -0.39 is 17.7 Å². The van der Waals surface area contributed by atoms with Gasteiger partial charge in [0.2, 0.25) is 0 Å². The highest BCUT2D eigenvalue weighted by Gasteiger charge is 2.48. The predicted octanol–water partition coefficient (Wildman–Crippen LogP) is 6.52. The molecule has 1 saturated heterocycles. The van der Waals surface area contributed by atoms with Gasteiger partial charge in [0.15, 0.2) is 5.13 Å². The van der Waals surface area contributed by atoms with Gasteiger partial charge in [0.25, 0.3) is 5.78 Å². The zero-order valence-electron chi connectivity index (χ0n) is 20.4.